The lowest BCUT2D eigenvalue weighted by Crippen LogP contribution is -2.31. The number of nitrogens with one attached hydrogen (secondary N) is 1. The molecule has 2 aromatic heterocycles. The molecule has 0 bridgehead atoms. The van der Waals surface area contributed by atoms with Crippen LogP contribution in [0, 0.1) is 6.92 Å². The number of aromatic nitrogens is 2. The van der Waals surface area contributed by atoms with E-state index >= 15 is 0 Å². The Hall–Kier alpha value is -4.38. The molecule has 0 aliphatic carbocycles. The summed E-state index contributed by atoms with van der Waals surface area (Å²) in [6.07, 6.45) is 4.87. The number of hydrogen-bond acceptors (Lipinski definition) is 3. The molecule has 5 nitrogen and oxygen atoms in total. The van der Waals surface area contributed by atoms with Gasteiger partial charge < -0.3 is 14.5 Å². The van der Waals surface area contributed by atoms with Crippen molar-refractivity contribution in [3.63, 3.8) is 0 Å². The maximum atomic E-state index is 13.7. The van der Waals surface area contributed by atoms with E-state index in [1.165, 1.54) is 5.56 Å². The second-order valence-electron chi connectivity index (χ2n) is 9.33. The van der Waals surface area contributed by atoms with Crippen LogP contribution in [0.5, 0.6) is 5.75 Å². The molecule has 0 aliphatic heterocycles. The average molecular weight is 490 g/mol. The van der Waals surface area contributed by atoms with Gasteiger partial charge in [-0.05, 0) is 48.2 Å². The second kappa shape index (κ2) is 11.1. The molecule has 37 heavy (non-hydrogen) atoms. The minimum Gasteiger partial charge on any atom is -0.496 e. The zero-order valence-corrected chi connectivity index (χ0v) is 21.2. The van der Waals surface area contributed by atoms with Crippen LogP contribution in [0.2, 0.25) is 0 Å². The highest BCUT2D eigenvalue weighted by atomic mass is 16.5. The molecular formula is C32H31N3O2. The normalized spacial score (nSPS) is 12.7. The van der Waals surface area contributed by atoms with E-state index in [4.69, 9.17) is 4.74 Å². The third-order valence-corrected chi connectivity index (χ3v) is 6.78. The first kappa shape index (κ1) is 24.3. The van der Waals surface area contributed by atoms with Crippen LogP contribution in [0.3, 0.4) is 0 Å². The lowest BCUT2D eigenvalue weighted by Gasteiger charge is -2.23. The fourth-order valence-corrected chi connectivity index (χ4v) is 4.91. The summed E-state index contributed by atoms with van der Waals surface area (Å²) < 4.78 is 7.77. The number of methoxy groups -OCH3 is 1. The second-order valence-corrected chi connectivity index (χ2v) is 9.33. The van der Waals surface area contributed by atoms with E-state index in [0.29, 0.717) is 6.42 Å². The first-order chi connectivity index (χ1) is 18.1. The minimum absolute atomic E-state index is 0.0252. The van der Waals surface area contributed by atoms with Crippen molar-refractivity contribution in [1.82, 2.24) is 14.7 Å². The van der Waals surface area contributed by atoms with E-state index < -0.39 is 0 Å². The molecular weight excluding hydrogens is 458 g/mol. The summed E-state index contributed by atoms with van der Waals surface area (Å²) in [5.74, 6) is 0.496. The van der Waals surface area contributed by atoms with Crippen molar-refractivity contribution >= 4 is 11.6 Å². The standard InChI is InChI=1S/C32H31N3O2/c1-23-17-18-35-29(22-33-31(35)19-23)27(26-15-9-10-16-30(26)37-2)21-32(36)34-28(25-13-7-4-8-14-25)20-24-11-5-3-6-12-24/h3-19,22,27-28H,20-21H2,1-2H3,(H,34,36). The number of rotatable bonds is 9. The van der Waals surface area contributed by atoms with Gasteiger partial charge in [-0.1, -0.05) is 78.9 Å². The predicted octanol–water partition coefficient (Wildman–Crippen LogP) is 6.27. The SMILES string of the molecule is COc1ccccc1C(CC(=O)NC(Cc1ccccc1)c1ccccc1)c1cnc2cc(C)ccn12. The third-order valence-electron chi connectivity index (χ3n) is 6.78. The predicted molar refractivity (Wildman–Crippen MR) is 147 cm³/mol. The van der Waals surface area contributed by atoms with Gasteiger partial charge in [0.2, 0.25) is 5.91 Å². The van der Waals surface area contributed by atoms with Crippen LogP contribution in [-0.2, 0) is 11.2 Å². The smallest absolute Gasteiger partial charge is 0.221 e. The zero-order valence-electron chi connectivity index (χ0n) is 21.2. The maximum absolute atomic E-state index is 13.7. The van der Waals surface area contributed by atoms with Crippen LogP contribution in [0.4, 0.5) is 0 Å². The Morgan fingerprint density at radius 1 is 0.946 bits per heavy atom. The molecule has 1 amide bonds. The summed E-state index contributed by atoms with van der Waals surface area (Å²) in [7, 11) is 1.67. The average Bonchev–Trinajstić information content (AvgIpc) is 3.35. The molecule has 186 valence electrons. The summed E-state index contributed by atoms with van der Waals surface area (Å²) in [4.78, 5) is 18.3. The first-order valence-corrected chi connectivity index (χ1v) is 12.6. The summed E-state index contributed by atoms with van der Waals surface area (Å²) in [5.41, 5.74) is 6.18. The largest absolute Gasteiger partial charge is 0.496 e. The highest BCUT2D eigenvalue weighted by Gasteiger charge is 2.26. The fraction of sp³-hybridized carbons (Fsp3) is 0.188. The number of pyridine rings is 1. The number of ether oxygens (including phenoxy) is 1. The Morgan fingerprint density at radius 3 is 2.41 bits per heavy atom. The molecule has 5 heteroatoms. The maximum Gasteiger partial charge on any atom is 0.221 e. The van der Waals surface area contributed by atoms with Crippen LogP contribution in [0.15, 0.2) is 109 Å². The molecule has 0 fully saturated rings. The van der Waals surface area contributed by atoms with Gasteiger partial charge >= 0.3 is 0 Å². The number of fused-ring (bicyclic) bond motifs is 1. The van der Waals surface area contributed by atoms with Gasteiger partial charge in [-0.25, -0.2) is 4.98 Å². The van der Waals surface area contributed by atoms with Gasteiger partial charge in [-0.3, -0.25) is 4.79 Å². The Labute approximate surface area is 217 Å². The molecule has 0 aliphatic rings. The molecule has 1 N–H and O–H groups in total. The highest BCUT2D eigenvalue weighted by molar-refractivity contribution is 5.78. The minimum atomic E-state index is -0.234. The fourth-order valence-electron chi connectivity index (χ4n) is 4.91. The van der Waals surface area contributed by atoms with Crippen molar-refractivity contribution in [3.05, 3.63) is 137 Å². The van der Waals surface area contributed by atoms with Gasteiger partial charge in [-0.15, -0.1) is 0 Å². The van der Waals surface area contributed by atoms with Crippen LogP contribution in [0.1, 0.15) is 46.3 Å². The molecule has 0 saturated carbocycles. The lowest BCUT2D eigenvalue weighted by atomic mass is 9.91. The monoisotopic (exact) mass is 489 g/mol. The van der Waals surface area contributed by atoms with Crippen molar-refractivity contribution in [2.45, 2.75) is 31.7 Å². The van der Waals surface area contributed by atoms with Crippen LogP contribution >= 0.6 is 0 Å². The lowest BCUT2D eigenvalue weighted by molar-refractivity contribution is -0.122. The van der Waals surface area contributed by atoms with E-state index in [2.05, 4.69) is 52.0 Å². The van der Waals surface area contributed by atoms with E-state index in [1.54, 1.807) is 7.11 Å². The third kappa shape index (κ3) is 5.56. The number of benzene rings is 3. The number of carbonyl (C=O) groups excluding carboxylic acids is 1. The molecule has 2 atom stereocenters. The first-order valence-electron chi connectivity index (χ1n) is 12.6. The molecule has 0 saturated heterocycles. The van der Waals surface area contributed by atoms with Gasteiger partial charge in [0.25, 0.3) is 0 Å². The van der Waals surface area contributed by atoms with E-state index in [9.17, 15) is 4.79 Å². The number of para-hydroxylation sites is 1. The van der Waals surface area contributed by atoms with Crippen LogP contribution < -0.4 is 10.1 Å². The van der Waals surface area contributed by atoms with Crippen molar-refractivity contribution in [3.8, 4) is 5.75 Å². The zero-order chi connectivity index (χ0) is 25.6. The molecule has 0 radical (unpaired) electrons. The van der Waals surface area contributed by atoms with Gasteiger partial charge in [0, 0.05) is 30.3 Å². The van der Waals surface area contributed by atoms with Crippen molar-refractivity contribution in [2.75, 3.05) is 7.11 Å². The van der Waals surface area contributed by atoms with Gasteiger partial charge in [-0.2, -0.15) is 0 Å². The van der Waals surface area contributed by atoms with Gasteiger partial charge in [0.05, 0.1) is 18.8 Å². The van der Waals surface area contributed by atoms with Crippen molar-refractivity contribution in [2.24, 2.45) is 0 Å². The highest BCUT2D eigenvalue weighted by Crippen LogP contribution is 2.35. The summed E-state index contributed by atoms with van der Waals surface area (Å²) in [6.45, 7) is 2.05. The summed E-state index contributed by atoms with van der Waals surface area (Å²) in [5, 5.41) is 3.33. The van der Waals surface area contributed by atoms with Crippen LogP contribution in [-0.4, -0.2) is 22.4 Å². The van der Waals surface area contributed by atoms with Crippen molar-refractivity contribution in [1.29, 1.82) is 0 Å². The summed E-state index contributed by atoms with van der Waals surface area (Å²) in [6, 6.07) is 32.3. The number of carbonyl (C=O) groups is 1. The molecule has 2 heterocycles. The van der Waals surface area contributed by atoms with E-state index in [1.807, 2.05) is 79.1 Å². The quantitative estimate of drug-likeness (QED) is 0.265. The molecule has 0 spiro atoms. The van der Waals surface area contributed by atoms with Crippen LogP contribution in [0.25, 0.3) is 5.65 Å². The number of aryl methyl sites for hydroxylation is 1. The molecule has 3 aromatic carbocycles. The number of nitrogens with zero attached hydrogens (tertiary/aromatic N) is 2. The Balaban J connectivity index is 1.48. The summed E-state index contributed by atoms with van der Waals surface area (Å²) >= 11 is 0. The Bertz CT molecular complexity index is 1480. The topological polar surface area (TPSA) is 55.6 Å². The van der Waals surface area contributed by atoms with E-state index in [0.717, 1.165) is 33.8 Å². The molecule has 5 aromatic rings. The van der Waals surface area contributed by atoms with E-state index in [-0.39, 0.29) is 24.3 Å². The molecule has 2 unspecified atom stereocenters. The Kier molecular flexibility index (Phi) is 7.31. The number of hydrogen-bond donors (Lipinski definition) is 1. The van der Waals surface area contributed by atoms with Gasteiger partial charge in [0.15, 0.2) is 0 Å². The number of amides is 1. The van der Waals surface area contributed by atoms with Gasteiger partial charge in [0.1, 0.15) is 11.4 Å². The number of imidazole rings is 1. The van der Waals surface area contributed by atoms with Crippen molar-refractivity contribution < 1.29 is 9.53 Å². The Morgan fingerprint density at radius 2 is 1.65 bits per heavy atom. The molecule has 5 rings (SSSR count).